The van der Waals surface area contributed by atoms with Crippen LogP contribution in [0.2, 0.25) is 0 Å². The smallest absolute Gasteiger partial charge is 0.0431 e. The SMILES string of the molecule is CCCNCc1ccc(N2CCCC2CCCO)cc1Br. The number of halogens is 1. The molecule has 2 N–H and O–H groups in total. The van der Waals surface area contributed by atoms with Crippen molar-refractivity contribution in [3.8, 4) is 0 Å². The van der Waals surface area contributed by atoms with Crippen LogP contribution in [0.5, 0.6) is 0 Å². The average molecular weight is 355 g/mol. The molecule has 0 amide bonds. The fourth-order valence-corrected chi connectivity index (χ4v) is 3.57. The van der Waals surface area contributed by atoms with Crippen LogP contribution in [-0.2, 0) is 6.54 Å². The van der Waals surface area contributed by atoms with Gasteiger partial charge < -0.3 is 15.3 Å². The predicted octanol–water partition coefficient (Wildman–Crippen LogP) is 3.69. The standard InChI is InChI=1S/C17H27BrN2O/c1-2-9-19-13-14-7-8-16(12-17(14)18)20-10-3-5-15(20)6-4-11-21/h7-8,12,15,19,21H,2-6,9-11,13H2,1H3. The van der Waals surface area contributed by atoms with E-state index < -0.39 is 0 Å². The summed E-state index contributed by atoms with van der Waals surface area (Å²) in [5.74, 6) is 0. The van der Waals surface area contributed by atoms with Gasteiger partial charge in [0.2, 0.25) is 0 Å². The molecule has 1 saturated heterocycles. The van der Waals surface area contributed by atoms with Crippen molar-refractivity contribution in [3.05, 3.63) is 28.2 Å². The summed E-state index contributed by atoms with van der Waals surface area (Å²) in [5, 5.41) is 12.5. The van der Waals surface area contributed by atoms with Gasteiger partial charge in [-0.25, -0.2) is 0 Å². The molecule has 1 aromatic rings. The number of benzene rings is 1. The molecule has 3 nitrogen and oxygen atoms in total. The zero-order valence-corrected chi connectivity index (χ0v) is 14.5. The van der Waals surface area contributed by atoms with E-state index in [1.165, 1.54) is 28.6 Å². The highest BCUT2D eigenvalue weighted by Crippen LogP contribution is 2.31. The van der Waals surface area contributed by atoms with Gasteiger partial charge in [0.05, 0.1) is 0 Å². The van der Waals surface area contributed by atoms with Crippen molar-refractivity contribution in [2.24, 2.45) is 0 Å². The van der Waals surface area contributed by atoms with Crippen LogP contribution >= 0.6 is 15.9 Å². The third kappa shape index (κ3) is 4.70. The average Bonchev–Trinajstić information content (AvgIpc) is 2.95. The van der Waals surface area contributed by atoms with Gasteiger partial charge >= 0.3 is 0 Å². The van der Waals surface area contributed by atoms with Crippen molar-refractivity contribution >= 4 is 21.6 Å². The number of aliphatic hydroxyl groups is 1. The van der Waals surface area contributed by atoms with Crippen LogP contribution in [0, 0.1) is 0 Å². The highest BCUT2D eigenvalue weighted by molar-refractivity contribution is 9.10. The fourth-order valence-electron chi connectivity index (χ4n) is 3.06. The van der Waals surface area contributed by atoms with Crippen LogP contribution < -0.4 is 10.2 Å². The Morgan fingerprint density at radius 1 is 1.43 bits per heavy atom. The van der Waals surface area contributed by atoms with Gasteiger partial charge in [-0.1, -0.05) is 28.9 Å². The molecule has 0 radical (unpaired) electrons. The van der Waals surface area contributed by atoms with Gasteiger partial charge in [-0.2, -0.15) is 0 Å². The lowest BCUT2D eigenvalue weighted by atomic mass is 10.1. The largest absolute Gasteiger partial charge is 0.396 e. The number of hydrogen-bond donors (Lipinski definition) is 2. The van der Waals surface area contributed by atoms with Gasteiger partial charge in [-0.15, -0.1) is 0 Å². The van der Waals surface area contributed by atoms with Gasteiger partial charge in [0.15, 0.2) is 0 Å². The summed E-state index contributed by atoms with van der Waals surface area (Å²) in [6.07, 6.45) is 5.66. The Hall–Kier alpha value is -0.580. The number of nitrogens with zero attached hydrogens (tertiary/aromatic N) is 1. The molecule has 1 atom stereocenters. The minimum atomic E-state index is 0.302. The zero-order chi connectivity index (χ0) is 15.1. The van der Waals surface area contributed by atoms with Crippen molar-refractivity contribution < 1.29 is 5.11 Å². The number of nitrogens with one attached hydrogen (secondary N) is 1. The molecule has 1 aromatic carbocycles. The third-order valence-corrected chi connectivity index (χ3v) is 4.92. The van der Waals surface area contributed by atoms with Crippen molar-refractivity contribution in [1.29, 1.82) is 0 Å². The molecule has 1 aliphatic rings. The maximum atomic E-state index is 9.03. The topological polar surface area (TPSA) is 35.5 Å². The summed E-state index contributed by atoms with van der Waals surface area (Å²) in [6.45, 7) is 5.60. The second-order valence-electron chi connectivity index (χ2n) is 5.81. The lowest BCUT2D eigenvalue weighted by molar-refractivity contribution is 0.279. The quantitative estimate of drug-likeness (QED) is 0.698. The Bertz CT molecular complexity index is 439. The van der Waals surface area contributed by atoms with E-state index in [4.69, 9.17) is 5.11 Å². The van der Waals surface area contributed by atoms with E-state index in [1.807, 2.05) is 0 Å². The van der Waals surface area contributed by atoms with E-state index in [0.29, 0.717) is 12.6 Å². The van der Waals surface area contributed by atoms with Crippen LogP contribution in [0.1, 0.15) is 44.6 Å². The number of hydrogen-bond acceptors (Lipinski definition) is 3. The third-order valence-electron chi connectivity index (χ3n) is 4.18. The number of rotatable bonds is 8. The first-order valence-corrected chi connectivity index (χ1v) is 8.92. The molecule has 1 fully saturated rings. The van der Waals surface area contributed by atoms with Crippen molar-refractivity contribution in [2.75, 3.05) is 24.6 Å². The van der Waals surface area contributed by atoms with Crippen LogP contribution in [0.4, 0.5) is 5.69 Å². The van der Waals surface area contributed by atoms with Gasteiger partial charge in [-0.05, 0) is 56.3 Å². The molecule has 1 heterocycles. The van der Waals surface area contributed by atoms with Gasteiger partial charge in [0.1, 0.15) is 0 Å². The molecule has 21 heavy (non-hydrogen) atoms. The molecule has 1 unspecified atom stereocenters. The van der Waals surface area contributed by atoms with Gasteiger partial charge in [0, 0.05) is 35.9 Å². The number of aliphatic hydroxyl groups excluding tert-OH is 1. The number of anilines is 1. The first kappa shape index (κ1) is 16.8. The minimum Gasteiger partial charge on any atom is -0.396 e. The minimum absolute atomic E-state index is 0.302. The fraction of sp³-hybridized carbons (Fsp3) is 0.647. The van der Waals surface area contributed by atoms with E-state index in [2.05, 4.69) is 51.3 Å². The maximum Gasteiger partial charge on any atom is 0.0431 e. The molecule has 118 valence electrons. The molecular formula is C17H27BrN2O. The van der Waals surface area contributed by atoms with Crippen LogP contribution in [0.3, 0.4) is 0 Å². The second-order valence-corrected chi connectivity index (χ2v) is 6.66. The Kier molecular flexibility index (Phi) is 7.00. The van der Waals surface area contributed by atoms with Crippen LogP contribution in [0.25, 0.3) is 0 Å². The summed E-state index contributed by atoms with van der Waals surface area (Å²) in [5.41, 5.74) is 2.62. The molecule has 0 spiro atoms. The second kappa shape index (κ2) is 8.76. The molecule has 0 bridgehead atoms. The lowest BCUT2D eigenvalue weighted by Crippen LogP contribution is -2.29. The Balaban J connectivity index is 2.01. The summed E-state index contributed by atoms with van der Waals surface area (Å²) in [7, 11) is 0. The predicted molar refractivity (Wildman–Crippen MR) is 92.8 cm³/mol. The van der Waals surface area contributed by atoms with Crippen molar-refractivity contribution in [2.45, 2.75) is 51.6 Å². The molecule has 2 rings (SSSR count). The van der Waals surface area contributed by atoms with Crippen molar-refractivity contribution in [1.82, 2.24) is 5.32 Å². The van der Waals surface area contributed by atoms with Crippen LogP contribution in [0.15, 0.2) is 22.7 Å². The molecule has 0 saturated carbocycles. The Morgan fingerprint density at radius 3 is 3.00 bits per heavy atom. The maximum absolute atomic E-state index is 9.03. The van der Waals surface area contributed by atoms with E-state index in [0.717, 1.165) is 38.9 Å². The first-order chi connectivity index (χ1) is 10.3. The Labute approximate surface area is 136 Å². The van der Waals surface area contributed by atoms with Crippen LogP contribution in [-0.4, -0.2) is 30.8 Å². The molecule has 4 heteroatoms. The summed E-state index contributed by atoms with van der Waals surface area (Å²) < 4.78 is 1.19. The van der Waals surface area contributed by atoms with E-state index in [9.17, 15) is 0 Å². The molecular weight excluding hydrogens is 328 g/mol. The highest BCUT2D eigenvalue weighted by atomic mass is 79.9. The first-order valence-electron chi connectivity index (χ1n) is 8.13. The lowest BCUT2D eigenvalue weighted by Gasteiger charge is -2.27. The molecule has 0 aliphatic carbocycles. The van der Waals surface area contributed by atoms with Crippen molar-refractivity contribution in [3.63, 3.8) is 0 Å². The van der Waals surface area contributed by atoms with E-state index in [-0.39, 0.29) is 0 Å². The Morgan fingerprint density at radius 2 is 2.29 bits per heavy atom. The van der Waals surface area contributed by atoms with E-state index in [1.54, 1.807) is 0 Å². The molecule has 0 aromatic heterocycles. The van der Waals surface area contributed by atoms with E-state index >= 15 is 0 Å². The summed E-state index contributed by atoms with van der Waals surface area (Å²) in [6, 6.07) is 7.31. The summed E-state index contributed by atoms with van der Waals surface area (Å²) in [4.78, 5) is 2.50. The monoisotopic (exact) mass is 354 g/mol. The van der Waals surface area contributed by atoms with Gasteiger partial charge in [-0.3, -0.25) is 0 Å². The zero-order valence-electron chi connectivity index (χ0n) is 12.9. The van der Waals surface area contributed by atoms with Gasteiger partial charge in [0.25, 0.3) is 0 Å². The molecule has 1 aliphatic heterocycles. The normalized spacial score (nSPS) is 18.4. The highest BCUT2D eigenvalue weighted by Gasteiger charge is 2.24. The summed E-state index contributed by atoms with van der Waals surface area (Å²) >= 11 is 3.71.